The summed E-state index contributed by atoms with van der Waals surface area (Å²) in [5.74, 6) is 0.541. The zero-order chi connectivity index (χ0) is 18.0. The molecule has 5 heteroatoms. The SMILES string of the molecule is CC(=O)NC[C@H]1CN(c2cc(C)c(C3CCCCC3)c(C)c2)C(=O)O1. The van der Waals surface area contributed by atoms with Crippen LogP contribution in [0.1, 0.15) is 61.6 Å². The Bertz CT molecular complexity index is 642. The van der Waals surface area contributed by atoms with E-state index >= 15 is 0 Å². The van der Waals surface area contributed by atoms with Gasteiger partial charge in [-0.15, -0.1) is 0 Å². The molecule has 1 saturated heterocycles. The van der Waals surface area contributed by atoms with Gasteiger partial charge in [-0.3, -0.25) is 9.69 Å². The van der Waals surface area contributed by atoms with Crippen LogP contribution in [-0.2, 0) is 9.53 Å². The van der Waals surface area contributed by atoms with Gasteiger partial charge in [-0.05, 0) is 61.4 Å². The molecule has 1 aliphatic heterocycles. The van der Waals surface area contributed by atoms with Gasteiger partial charge in [-0.1, -0.05) is 19.3 Å². The number of aryl methyl sites for hydroxylation is 2. The monoisotopic (exact) mass is 344 g/mol. The lowest BCUT2D eigenvalue weighted by molar-refractivity contribution is -0.119. The molecule has 1 aromatic carbocycles. The first kappa shape index (κ1) is 17.8. The van der Waals surface area contributed by atoms with E-state index in [0.29, 0.717) is 19.0 Å². The van der Waals surface area contributed by atoms with E-state index in [2.05, 4.69) is 31.3 Å². The van der Waals surface area contributed by atoms with Crippen LogP contribution in [0.4, 0.5) is 10.5 Å². The van der Waals surface area contributed by atoms with Gasteiger partial charge in [0.2, 0.25) is 5.91 Å². The molecule has 0 bridgehead atoms. The summed E-state index contributed by atoms with van der Waals surface area (Å²) in [7, 11) is 0. The predicted molar refractivity (Wildman–Crippen MR) is 98.0 cm³/mol. The first-order chi connectivity index (χ1) is 12.0. The molecule has 1 atom stereocenters. The summed E-state index contributed by atoms with van der Waals surface area (Å²) in [5.41, 5.74) is 4.88. The van der Waals surface area contributed by atoms with Crippen molar-refractivity contribution in [3.05, 3.63) is 28.8 Å². The third kappa shape index (κ3) is 3.97. The van der Waals surface area contributed by atoms with Crippen LogP contribution in [0.5, 0.6) is 0 Å². The fraction of sp³-hybridized carbons (Fsp3) is 0.600. The summed E-state index contributed by atoms with van der Waals surface area (Å²) in [6, 6.07) is 4.22. The number of benzene rings is 1. The van der Waals surface area contributed by atoms with Crippen LogP contribution in [0.25, 0.3) is 0 Å². The molecule has 0 aromatic heterocycles. The van der Waals surface area contributed by atoms with E-state index in [1.165, 1.54) is 55.7 Å². The van der Waals surface area contributed by atoms with Crippen LogP contribution in [0.2, 0.25) is 0 Å². The van der Waals surface area contributed by atoms with Crippen molar-refractivity contribution in [3.63, 3.8) is 0 Å². The Morgan fingerprint density at radius 3 is 2.44 bits per heavy atom. The van der Waals surface area contributed by atoms with Crippen molar-refractivity contribution in [3.8, 4) is 0 Å². The molecule has 0 spiro atoms. The molecule has 1 saturated carbocycles. The fourth-order valence-corrected chi connectivity index (χ4v) is 4.24. The van der Waals surface area contributed by atoms with Crippen molar-refractivity contribution in [2.75, 3.05) is 18.0 Å². The van der Waals surface area contributed by atoms with Gasteiger partial charge in [-0.25, -0.2) is 4.79 Å². The normalized spacial score (nSPS) is 21.3. The molecule has 1 N–H and O–H groups in total. The molecule has 2 amide bonds. The zero-order valence-electron chi connectivity index (χ0n) is 15.4. The van der Waals surface area contributed by atoms with Crippen LogP contribution in [0.3, 0.4) is 0 Å². The van der Waals surface area contributed by atoms with E-state index < -0.39 is 0 Å². The molecular weight excluding hydrogens is 316 g/mol. The van der Waals surface area contributed by atoms with Crippen LogP contribution in [-0.4, -0.2) is 31.2 Å². The standard InChI is InChI=1S/C20H28N2O3/c1-13-9-17(10-14(2)19(13)16-7-5-4-6-8-16)22-12-18(25-20(22)24)11-21-15(3)23/h9-10,16,18H,4-8,11-12H2,1-3H3,(H,21,23)/t18-/m0/s1. The third-order valence-electron chi connectivity index (χ3n) is 5.36. The molecule has 0 radical (unpaired) electrons. The molecule has 1 aromatic rings. The number of cyclic esters (lactones) is 1. The minimum Gasteiger partial charge on any atom is -0.442 e. The largest absolute Gasteiger partial charge is 0.442 e. The summed E-state index contributed by atoms with van der Waals surface area (Å²) in [5, 5.41) is 2.71. The number of hydrogen-bond acceptors (Lipinski definition) is 3. The molecule has 1 heterocycles. The second-order valence-corrected chi connectivity index (χ2v) is 7.38. The van der Waals surface area contributed by atoms with Crippen molar-refractivity contribution < 1.29 is 14.3 Å². The molecule has 25 heavy (non-hydrogen) atoms. The second-order valence-electron chi connectivity index (χ2n) is 7.38. The van der Waals surface area contributed by atoms with Gasteiger partial charge in [0.25, 0.3) is 0 Å². The van der Waals surface area contributed by atoms with Crippen LogP contribution in [0.15, 0.2) is 12.1 Å². The van der Waals surface area contributed by atoms with E-state index in [1.807, 2.05) is 0 Å². The number of carbonyl (C=O) groups is 2. The van der Waals surface area contributed by atoms with Crippen molar-refractivity contribution in [2.45, 2.75) is 64.9 Å². The highest BCUT2D eigenvalue weighted by atomic mass is 16.6. The van der Waals surface area contributed by atoms with Crippen molar-refractivity contribution in [1.82, 2.24) is 5.32 Å². The Balaban J connectivity index is 1.76. The summed E-state index contributed by atoms with van der Waals surface area (Å²) >= 11 is 0. The van der Waals surface area contributed by atoms with Gasteiger partial charge in [0.05, 0.1) is 13.1 Å². The topological polar surface area (TPSA) is 58.6 Å². The first-order valence-electron chi connectivity index (χ1n) is 9.29. The Morgan fingerprint density at radius 1 is 1.20 bits per heavy atom. The highest BCUT2D eigenvalue weighted by molar-refractivity contribution is 5.90. The van der Waals surface area contributed by atoms with Gasteiger partial charge in [0, 0.05) is 12.6 Å². The quantitative estimate of drug-likeness (QED) is 0.903. The lowest BCUT2D eigenvalue weighted by atomic mass is 9.80. The van der Waals surface area contributed by atoms with E-state index in [-0.39, 0.29) is 18.1 Å². The lowest BCUT2D eigenvalue weighted by Gasteiger charge is -2.26. The molecular formula is C20H28N2O3. The number of hydrogen-bond donors (Lipinski definition) is 1. The van der Waals surface area contributed by atoms with Crippen molar-refractivity contribution >= 4 is 17.7 Å². The smallest absolute Gasteiger partial charge is 0.414 e. The maximum Gasteiger partial charge on any atom is 0.414 e. The van der Waals surface area contributed by atoms with Gasteiger partial charge < -0.3 is 10.1 Å². The zero-order valence-corrected chi connectivity index (χ0v) is 15.4. The Kier molecular flexibility index (Phi) is 5.30. The van der Waals surface area contributed by atoms with Gasteiger partial charge in [0.15, 0.2) is 0 Å². The number of carbonyl (C=O) groups excluding carboxylic acids is 2. The number of anilines is 1. The Labute approximate surface area is 149 Å². The first-order valence-corrected chi connectivity index (χ1v) is 9.29. The minimum atomic E-state index is -0.334. The molecule has 1 aliphatic carbocycles. The van der Waals surface area contributed by atoms with Gasteiger partial charge in [-0.2, -0.15) is 0 Å². The number of rotatable bonds is 4. The number of nitrogens with one attached hydrogen (secondary N) is 1. The lowest BCUT2D eigenvalue weighted by Crippen LogP contribution is -2.33. The van der Waals surface area contributed by atoms with Gasteiger partial charge in [0.1, 0.15) is 6.10 Å². The van der Waals surface area contributed by atoms with Crippen LogP contribution < -0.4 is 10.2 Å². The Hall–Kier alpha value is -2.04. The van der Waals surface area contributed by atoms with E-state index in [4.69, 9.17) is 4.74 Å². The van der Waals surface area contributed by atoms with E-state index in [0.717, 1.165) is 5.69 Å². The summed E-state index contributed by atoms with van der Waals surface area (Å²) < 4.78 is 5.38. The van der Waals surface area contributed by atoms with Crippen LogP contribution >= 0.6 is 0 Å². The molecule has 2 fully saturated rings. The summed E-state index contributed by atoms with van der Waals surface area (Å²) in [6.45, 7) is 6.59. The van der Waals surface area contributed by atoms with Crippen molar-refractivity contribution in [1.29, 1.82) is 0 Å². The molecule has 136 valence electrons. The average Bonchev–Trinajstić information content (AvgIpc) is 2.94. The average molecular weight is 344 g/mol. The fourth-order valence-electron chi connectivity index (χ4n) is 4.24. The maximum absolute atomic E-state index is 12.2. The number of nitrogens with zero attached hydrogens (tertiary/aromatic N) is 1. The second kappa shape index (κ2) is 7.46. The summed E-state index contributed by atoms with van der Waals surface area (Å²) in [6.07, 6.45) is 5.89. The highest BCUT2D eigenvalue weighted by Gasteiger charge is 2.33. The van der Waals surface area contributed by atoms with E-state index in [9.17, 15) is 9.59 Å². The number of amides is 2. The van der Waals surface area contributed by atoms with Crippen LogP contribution in [0, 0.1) is 13.8 Å². The van der Waals surface area contributed by atoms with E-state index in [1.54, 1.807) is 4.90 Å². The third-order valence-corrected chi connectivity index (χ3v) is 5.36. The molecule has 0 unspecified atom stereocenters. The Morgan fingerprint density at radius 2 is 1.84 bits per heavy atom. The molecule has 5 nitrogen and oxygen atoms in total. The highest BCUT2D eigenvalue weighted by Crippen LogP contribution is 2.38. The maximum atomic E-state index is 12.2. The molecule has 3 rings (SSSR count). The molecule has 2 aliphatic rings. The predicted octanol–water partition coefficient (Wildman–Crippen LogP) is 3.81. The number of ether oxygens (including phenoxy) is 1. The summed E-state index contributed by atoms with van der Waals surface area (Å²) in [4.78, 5) is 25.0. The van der Waals surface area contributed by atoms with Gasteiger partial charge >= 0.3 is 6.09 Å². The van der Waals surface area contributed by atoms with Crippen molar-refractivity contribution in [2.24, 2.45) is 0 Å². The minimum absolute atomic E-state index is 0.113.